The van der Waals surface area contributed by atoms with Crippen LogP contribution in [-0.2, 0) is 11.5 Å². The molecule has 27 heavy (non-hydrogen) atoms. The molecule has 0 atom stereocenters. The quantitative estimate of drug-likeness (QED) is 0.650. The molecule has 6 heteroatoms. The van der Waals surface area contributed by atoms with Crippen LogP contribution in [0.3, 0.4) is 0 Å². The van der Waals surface area contributed by atoms with Crippen molar-refractivity contribution < 1.29 is 14.3 Å². The number of benzene rings is 2. The van der Waals surface area contributed by atoms with Crippen molar-refractivity contribution in [3.63, 3.8) is 0 Å². The number of anilines is 1. The van der Waals surface area contributed by atoms with E-state index in [1.165, 1.54) is 0 Å². The van der Waals surface area contributed by atoms with Gasteiger partial charge in [0.1, 0.15) is 6.73 Å². The van der Waals surface area contributed by atoms with Gasteiger partial charge in [0, 0.05) is 17.7 Å². The van der Waals surface area contributed by atoms with Crippen molar-refractivity contribution in [3.05, 3.63) is 83.2 Å². The van der Waals surface area contributed by atoms with Crippen molar-refractivity contribution >= 4 is 17.4 Å². The average molecular weight is 363 g/mol. The van der Waals surface area contributed by atoms with E-state index >= 15 is 0 Å². The van der Waals surface area contributed by atoms with E-state index in [9.17, 15) is 9.59 Å². The number of hydrogen-bond acceptors (Lipinski definition) is 4. The lowest BCUT2D eigenvalue weighted by Crippen LogP contribution is -2.16. The van der Waals surface area contributed by atoms with Crippen molar-refractivity contribution in [2.75, 3.05) is 11.9 Å². The van der Waals surface area contributed by atoms with E-state index < -0.39 is 0 Å². The smallest absolute Gasteiger partial charge is 0.256 e. The van der Waals surface area contributed by atoms with E-state index in [4.69, 9.17) is 4.74 Å². The van der Waals surface area contributed by atoms with Crippen molar-refractivity contribution in [1.82, 2.24) is 9.78 Å². The SMILES string of the molecule is CCOCn1cc(NC(=O)c2ccccc2C(=O)c2ccc(C)cc2)cn1. The molecule has 3 rings (SSSR count). The van der Waals surface area contributed by atoms with E-state index in [0.717, 1.165) is 5.56 Å². The lowest BCUT2D eigenvalue weighted by molar-refractivity contribution is 0.0792. The predicted octanol–water partition coefficient (Wildman–Crippen LogP) is 3.67. The van der Waals surface area contributed by atoms with Gasteiger partial charge in [0.25, 0.3) is 5.91 Å². The number of nitrogens with one attached hydrogen (secondary N) is 1. The largest absolute Gasteiger partial charge is 0.360 e. The Hall–Kier alpha value is -3.25. The summed E-state index contributed by atoms with van der Waals surface area (Å²) in [5, 5.41) is 6.90. The molecular formula is C21H21N3O3. The Morgan fingerprint density at radius 2 is 1.78 bits per heavy atom. The molecule has 1 aromatic heterocycles. The highest BCUT2D eigenvalue weighted by atomic mass is 16.5. The number of carbonyl (C=O) groups excluding carboxylic acids is 2. The molecule has 0 radical (unpaired) electrons. The summed E-state index contributed by atoms with van der Waals surface area (Å²) in [6.07, 6.45) is 3.22. The molecule has 1 heterocycles. The van der Waals surface area contributed by atoms with E-state index in [1.807, 2.05) is 26.0 Å². The number of ketones is 1. The molecule has 0 aliphatic carbocycles. The number of rotatable bonds is 7. The van der Waals surface area contributed by atoms with E-state index in [2.05, 4.69) is 10.4 Å². The molecule has 0 unspecified atom stereocenters. The predicted molar refractivity (Wildman–Crippen MR) is 103 cm³/mol. The Kier molecular flexibility index (Phi) is 5.78. The van der Waals surface area contributed by atoms with Gasteiger partial charge in [0.2, 0.25) is 0 Å². The first kappa shape index (κ1) is 18.5. The van der Waals surface area contributed by atoms with Gasteiger partial charge in [-0.2, -0.15) is 5.10 Å². The summed E-state index contributed by atoms with van der Waals surface area (Å²) in [4.78, 5) is 25.6. The Bertz CT molecular complexity index is 945. The minimum Gasteiger partial charge on any atom is -0.360 e. The Morgan fingerprint density at radius 1 is 1.07 bits per heavy atom. The van der Waals surface area contributed by atoms with E-state index in [0.29, 0.717) is 35.7 Å². The Morgan fingerprint density at radius 3 is 2.48 bits per heavy atom. The van der Waals surface area contributed by atoms with Gasteiger partial charge in [-0.1, -0.05) is 48.0 Å². The normalized spacial score (nSPS) is 10.6. The molecule has 0 fully saturated rings. The summed E-state index contributed by atoms with van der Waals surface area (Å²) < 4.78 is 6.86. The fourth-order valence-corrected chi connectivity index (χ4v) is 2.62. The van der Waals surface area contributed by atoms with Crippen LogP contribution in [0.1, 0.15) is 38.8 Å². The fraction of sp³-hybridized carbons (Fsp3) is 0.190. The van der Waals surface area contributed by atoms with Crippen molar-refractivity contribution in [3.8, 4) is 0 Å². The second-order valence-corrected chi connectivity index (χ2v) is 6.09. The summed E-state index contributed by atoms with van der Waals surface area (Å²) in [6.45, 7) is 4.75. The average Bonchev–Trinajstić information content (AvgIpc) is 3.13. The van der Waals surface area contributed by atoms with Crippen LogP contribution in [0.2, 0.25) is 0 Å². The van der Waals surface area contributed by atoms with Crippen molar-refractivity contribution in [2.45, 2.75) is 20.6 Å². The van der Waals surface area contributed by atoms with Crippen LogP contribution in [0.15, 0.2) is 60.9 Å². The zero-order valence-electron chi connectivity index (χ0n) is 15.3. The standard InChI is InChI=1S/C21H21N3O3/c1-3-27-14-24-13-17(12-22-24)23-21(26)19-7-5-4-6-18(19)20(25)16-10-8-15(2)9-11-16/h4-13H,3,14H2,1-2H3,(H,23,26). The Labute approximate surface area is 157 Å². The number of ether oxygens (including phenoxy) is 1. The number of carbonyl (C=O) groups is 2. The second kappa shape index (κ2) is 8.42. The van der Waals surface area contributed by atoms with Crippen LogP contribution < -0.4 is 5.32 Å². The molecule has 2 aromatic carbocycles. The number of aromatic nitrogens is 2. The molecule has 0 bridgehead atoms. The highest BCUT2D eigenvalue weighted by molar-refractivity contribution is 6.17. The van der Waals surface area contributed by atoms with Gasteiger partial charge in [0.05, 0.1) is 23.6 Å². The third-order valence-electron chi connectivity index (χ3n) is 4.05. The summed E-state index contributed by atoms with van der Waals surface area (Å²) >= 11 is 0. The first-order valence-corrected chi connectivity index (χ1v) is 8.70. The minimum absolute atomic E-state index is 0.187. The first-order valence-electron chi connectivity index (χ1n) is 8.70. The van der Waals surface area contributed by atoms with Crippen LogP contribution in [0.4, 0.5) is 5.69 Å². The zero-order chi connectivity index (χ0) is 19.2. The third-order valence-corrected chi connectivity index (χ3v) is 4.05. The van der Waals surface area contributed by atoms with Crippen LogP contribution in [0.25, 0.3) is 0 Å². The number of hydrogen-bond donors (Lipinski definition) is 1. The van der Waals surface area contributed by atoms with Crippen molar-refractivity contribution in [1.29, 1.82) is 0 Å². The molecule has 1 N–H and O–H groups in total. The molecule has 3 aromatic rings. The van der Waals surface area contributed by atoms with Gasteiger partial charge >= 0.3 is 0 Å². The summed E-state index contributed by atoms with van der Waals surface area (Å²) in [7, 11) is 0. The monoisotopic (exact) mass is 363 g/mol. The van der Waals surface area contributed by atoms with Crippen LogP contribution in [0, 0.1) is 6.92 Å². The molecule has 0 aliphatic heterocycles. The summed E-state index contributed by atoms with van der Waals surface area (Å²) in [5.41, 5.74) is 2.84. The Balaban J connectivity index is 1.80. The van der Waals surface area contributed by atoms with Crippen molar-refractivity contribution in [2.24, 2.45) is 0 Å². The van der Waals surface area contributed by atoms with E-state index in [1.54, 1.807) is 53.5 Å². The lowest BCUT2D eigenvalue weighted by atomic mass is 9.97. The summed E-state index contributed by atoms with van der Waals surface area (Å²) in [5.74, 6) is -0.546. The molecule has 138 valence electrons. The van der Waals surface area contributed by atoms with Gasteiger partial charge in [0.15, 0.2) is 5.78 Å². The number of aryl methyl sites for hydroxylation is 1. The molecular weight excluding hydrogens is 342 g/mol. The molecule has 1 amide bonds. The third kappa shape index (κ3) is 4.48. The fourth-order valence-electron chi connectivity index (χ4n) is 2.62. The second-order valence-electron chi connectivity index (χ2n) is 6.09. The van der Waals surface area contributed by atoms with Crippen LogP contribution >= 0.6 is 0 Å². The lowest BCUT2D eigenvalue weighted by Gasteiger charge is -2.09. The maximum absolute atomic E-state index is 12.8. The maximum Gasteiger partial charge on any atom is 0.256 e. The summed E-state index contributed by atoms with van der Waals surface area (Å²) in [6, 6.07) is 14.1. The van der Waals surface area contributed by atoms with Gasteiger partial charge in [-0.3, -0.25) is 9.59 Å². The first-order chi connectivity index (χ1) is 13.1. The van der Waals surface area contributed by atoms with Gasteiger partial charge in [-0.15, -0.1) is 0 Å². The number of nitrogens with zero attached hydrogens (tertiary/aromatic N) is 2. The highest BCUT2D eigenvalue weighted by Gasteiger charge is 2.18. The highest BCUT2D eigenvalue weighted by Crippen LogP contribution is 2.17. The molecule has 0 aliphatic rings. The van der Waals surface area contributed by atoms with Crippen LogP contribution in [0.5, 0.6) is 0 Å². The zero-order valence-corrected chi connectivity index (χ0v) is 15.3. The minimum atomic E-state index is -0.359. The number of amides is 1. The molecule has 0 spiro atoms. The van der Waals surface area contributed by atoms with Crippen LogP contribution in [-0.4, -0.2) is 28.1 Å². The van der Waals surface area contributed by atoms with Gasteiger partial charge < -0.3 is 10.1 Å². The molecule has 0 saturated heterocycles. The topological polar surface area (TPSA) is 73.2 Å². The van der Waals surface area contributed by atoms with Gasteiger partial charge in [-0.05, 0) is 19.9 Å². The van der Waals surface area contributed by atoms with Gasteiger partial charge in [-0.25, -0.2) is 4.68 Å². The van der Waals surface area contributed by atoms with E-state index in [-0.39, 0.29) is 11.7 Å². The molecule has 6 nitrogen and oxygen atoms in total. The molecule has 0 saturated carbocycles. The maximum atomic E-state index is 12.8.